The lowest BCUT2D eigenvalue weighted by Gasteiger charge is -2.06. The van der Waals surface area contributed by atoms with Crippen molar-refractivity contribution in [3.63, 3.8) is 0 Å². The molecule has 0 unspecified atom stereocenters. The van der Waals surface area contributed by atoms with Crippen molar-refractivity contribution in [1.29, 1.82) is 0 Å². The van der Waals surface area contributed by atoms with E-state index in [9.17, 15) is 8.42 Å². The molecule has 0 fully saturated rings. The maximum atomic E-state index is 11.9. The number of benzene rings is 1. The smallest absolute Gasteiger partial charge is 0.206 e. The van der Waals surface area contributed by atoms with Gasteiger partial charge in [0.1, 0.15) is 0 Å². The Hall–Kier alpha value is -0.520. The zero-order valence-corrected chi connectivity index (χ0v) is 12.6. The van der Waals surface area contributed by atoms with Gasteiger partial charge in [0.15, 0.2) is 0 Å². The van der Waals surface area contributed by atoms with Crippen molar-refractivity contribution in [2.24, 2.45) is 0 Å². The Labute approximate surface area is 115 Å². The summed E-state index contributed by atoms with van der Waals surface area (Å²) in [6.07, 6.45) is 4.62. The van der Waals surface area contributed by atoms with Crippen LogP contribution in [-0.4, -0.2) is 14.2 Å². The molecule has 0 atom stereocenters. The molecule has 0 spiro atoms. The van der Waals surface area contributed by atoms with E-state index in [1.807, 2.05) is 6.92 Å². The summed E-state index contributed by atoms with van der Waals surface area (Å²) in [4.78, 5) is 0.328. The Morgan fingerprint density at radius 1 is 1.11 bits per heavy atom. The van der Waals surface area contributed by atoms with Gasteiger partial charge in [0.2, 0.25) is 10.0 Å². The van der Waals surface area contributed by atoms with E-state index in [1.54, 1.807) is 24.3 Å². The Balaban J connectivity index is 2.38. The highest BCUT2D eigenvalue weighted by molar-refractivity contribution is 8.09. The Morgan fingerprint density at radius 3 is 2.39 bits per heavy atom. The second kappa shape index (κ2) is 7.81. The van der Waals surface area contributed by atoms with Crippen LogP contribution < -0.4 is 4.13 Å². The first-order valence-corrected chi connectivity index (χ1v) is 8.73. The van der Waals surface area contributed by atoms with Crippen LogP contribution in [0, 0.1) is 6.92 Å². The van der Waals surface area contributed by atoms with Gasteiger partial charge in [0.25, 0.3) is 0 Å². The van der Waals surface area contributed by atoms with Crippen molar-refractivity contribution in [2.75, 3.05) is 5.75 Å². The minimum Gasteiger partial charge on any atom is -0.206 e. The van der Waals surface area contributed by atoms with Crippen LogP contribution in [0.4, 0.5) is 0 Å². The zero-order valence-electron chi connectivity index (χ0n) is 11.0. The Bertz CT molecular complexity index is 441. The largest absolute Gasteiger partial charge is 0.249 e. The van der Waals surface area contributed by atoms with E-state index in [0.29, 0.717) is 4.90 Å². The molecule has 18 heavy (non-hydrogen) atoms. The standard InChI is InChI=1S/C13H21NO2S2/c1-3-4-5-6-11-17-14-18(15,16)13-9-7-12(2)8-10-13/h7-10,14H,3-6,11H2,1-2H3. The molecule has 0 aliphatic rings. The van der Waals surface area contributed by atoms with Gasteiger partial charge in [-0.3, -0.25) is 0 Å². The summed E-state index contributed by atoms with van der Waals surface area (Å²) in [6, 6.07) is 6.88. The maximum Gasteiger partial charge on any atom is 0.249 e. The van der Waals surface area contributed by atoms with Crippen molar-refractivity contribution in [1.82, 2.24) is 4.13 Å². The van der Waals surface area contributed by atoms with Gasteiger partial charge in [-0.05, 0) is 25.5 Å². The molecule has 3 nitrogen and oxygen atoms in total. The average molecular weight is 287 g/mol. The summed E-state index contributed by atoms with van der Waals surface area (Å²) in [6.45, 7) is 4.10. The predicted molar refractivity (Wildman–Crippen MR) is 78.1 cm³/mol. The molecule has 5 heteroatoms. The SMILES string of the molecule is CCCCCCSNS(=O)(=O)c1ccc(C)cc1. The van der Waals surface area contributed by atoms with Gasteiger partial charge in [-0.15, -0.1) is 0 Å². The maximum absolute atomic E-state index is 11.9. The van der Waals surface area contributed by atoms with E-state index >= 15 is 0 Å². The third-order valence-electron chi connectivity index (χ3n) is 2.60. The summed E-state index contributed by atoms with van der Waals surface area (Å²) in [5, 5.41) is 0. The number of unbranched alkanes of at least 4 members (excludes halogenated alkanes) is 3. The zero-order chi connectivity index (χ0) is 13.4. The molecule has 0 radical (unpaired) electrons. The van der Waals surface area contributed by atoms with E-state index in [0.717, 1.165) is 24.2 Å². The molecular formula is C13H21NO2S2. The molecule has 0 saturated carbocycles. The lowest BCUT2D eigenvalue weighted by atomic mass is 10.2. The van der Waals surface area contributed by atoms with E-state index < -0.39 is 10.0 Å². The third-order valence-corrected chi connectivity index (χ3v) is 5.33. The molecule has 0 amide bonds. The molecule has 1 N–H and O–H groups in total. The second-order valence-corrected chi connectivity index (χ2v) is 7.15. The molecule has 0 aliphatic heterocycles. The fourth-order valence-corrected chi connectivity index (χ4v) is 3.67. The highest BCUT2D eigenvalue weighted by Crippen LogP contribution is 2.13. The van der Waals surface area contributed by atoms with Crippen LogP contribution in [0.5, 0.6) is 0 Å². The molecular weight excluding hydrogens is 266 g/mol. The molecule has 0 aromatic heterocycles. The van der Waals surface area contributed by atoms with Gasteiger partial charge in [-0.25, -0.2) is 8.42 Å². The molecule has 1 rings (SSSR count). The summed E-state index contributed by atoms with van der Waals surface area (Å²) in [5.74, 6) is 0.824. The Kier molecular flexibility index (Phi) is 6.75. The van der Waals surface area contributed by atoms with Gasteiger partial charge in [0.05, 0.1) is 4.90 Å². The number of rotatable bonds is 8. The molecule has 1 aromatic carbocycles. The number of sulfonamides is 1. The first-order chi connectivity index (χ1) is 8.56. The number of nitrogens with one attached hydrogen (secondary N) is 1. The van der Waals surface area contributed by atoms with Crippen molar-refractivity contribution >= 4 is 22.0 Å². The fourth-order valence-electron chi connectivity index (χ4n) is 1.49. The normalized spacial score (nSPS) is 11.7. The van der Waals surface area contributed by atoms with Gasteiger partial charge < -0.3 is 0 Å². The monoisotopic (exact) mass is 287 g/mol. The van der Waals surface area contributed by atoms with Crippen LogP contribution in [0.15, 0.2) is 29.2 Å². The average Bonchev–Trinajstić information content (AvgIpc) is 2.34. The lowest BCUT2D eigenvalue weighted by molar-refractivity contribution is 0.594. The molecule has 102 valence electrons. The molecule has 0 heterocycles. The van der Waals surface area contributed by atoms with Crippen molar-refractivity contribution in [3.8, 4) is 0 Å². The van der Waals surface area contributed by atoms with Crippen LogP contribution in [0.3, 0.4) is 0 Å². The van der Waals surface area contributed by atoms with Crippen molar-refractivity contribution in [2.45, 2.75) is 44.4 Å². The molecule has 0 bridgehead atoms. The van der Waals surface area contributed by atoms with Crippen molar-refractivity contribution in [3.05, 3.63) is 29.8 Å². The summed E-state index contributed by atoms with van der Waals surface area (Å²) >= 11 is 1.27. The van der Waals surface area contributed by atoms with Crippen LogP contribution in [0.1, 0.15) is 38.2 Å². The topological polar surface area (TPSA) is 46.2 Å². The van der Waals surface area contributed by atoms with Crippen LogP contribution in [-0.2, 0) is 10.0 Å². The first kappa shape index (κ1) is 15.5. The third kappa shape index (κ3) is 5.42. The van der Waals surface area contributed by atoms with Gasteiger partial charge in [-0.1, -0.05) is 55.8 Å². The van der Waals surface area contributed by atoms with E-state index in [4.69, 9.17) is 0 Å². The van der Waals surface area contributed by atoms with Crippen LogP contribution >= 0.6 is 11.9 Å². The summed E-state index contributed by atoms with van der Waals surface area (Å²) in [7, 11) is -3.36. The molecule has 1 aromatic rings. The van der Waals surface area contributed by atoms with Gasteiger partial charge in [0, 0.05) is 5.75 Å². The number of aryl methyl sites for hydroxylation is 1. The number of hydrogen-bond acceptors (Lipinski definition) is 3. The van der Waals surface area contributed by atoms with E-state index in [1.165, 1.54) is 24.8 Å². The van der Waals surface area contributed by atoms with E-state index in [-0.39, 0.29) is 0 Å². The summed E-state index contributed by atoms with van der Waals surface area (Å²) in [5.41, 5.74) is 1.06. The minimum absolute atomic E-state index is 0.328. The highest BCUT2D eigenvalue weighted by atomic mass is 32.3. The Morgan fingerprint density at radius 2 is 1.78 bits per heavy atom. The molecule has 0 aliphatic carbocycles. The fraction of sp³-hybridized carbons (Fsp3) is 0.538. The quantitative estimate of drug-likeness (QED) is 0.588. The minimum atomic E-state index is -3.36. The first-order valence-electron chi connectivity index (χ1n) is 6.26. The highest BCUT2D eigenvalue weighted by Gasteiger charge is 2.12. The summed E-state index contributed by atoms with van der Waals surface area (Å²) < 4.78 is 26.4. The van der Waals surface area contributed by atoms with E-state index in [2.05, 4.69) is 11.1 Å². The van der Waals surface area contributed by atoms with Crippen molar-refractivity contribution < 1.29 is 8.42 Å². The predicted octanol–water partition coefficient (Wildman–Crippen LogP) is 3.50. The van der Waals surface area contributed by atoms with Gasteiger partial charge >= 0.3 is 0 Å². The van der Waals surface area contributed by atoms with Crippen LogP contribution in [0.25, 0.3) is 0 Å². The molecule has 0 saturated heterocycles. The lowest BCUT2D eigenvalue weighted by Crippen LogP contribution is -2.17. The van der Waals surface area contributed by atoms with Crippen LogP contribution in [0.2, 0.25) is 0 Å². The number of hydrogen-bond donors (Lipinski definition) is 1. The second-order valence-electron chi connectivity index (χ2n) is 4.31. The van der Waals surface area contributed by atoms with Gasteiger partial charge in [-0.2, -0.15) is 4.13 Å².